The summed E-state index contributed by atoms with van der Waals surface area (Å²) in [5, 5.41) is 2.76. The van der Waals surface area contributed by atoms with E-state index in [0.717, 1.165) is 44.9 Å². The highest BCUT2D eigenvalue weighted by atomic mass is 127. The van der Waals surface area contributed by atoms with Crippen molar-refractivity contribution in [2.45, 2.75) is 73.3 Å². The molecule has 6 aromatic rings. The number of fused-ring (bicyclic) bond motifs is 2. The molecular weight excluding hydrogens is 767 g/mol. The Balaban J connectivity index is 0.000000263. The monoisotopic (exact) mass is 818 g/mol. The van der Waals surface area contributed by atoms with Crippen molar-refractivity contribution in [2.24, 2.45) is 0 Å². The average molecular weight is 819 g/mol. The first-order valence-electron chi connectivity index (χ1n) is 16.6. The molecule has 0 saturated heterocycles. The number of imidazole rings is 2. The lowest BCUT2D eigenvalue weighted by Gasteiger charge is -2.24. The van der Waals surface area contributed by atoms with Crippen LogP contribution >= 0.6 is 22.6 Å². The lowest BCUT2D eigenvalue weighted by molar-refractivity contribution is 0.0284. The molecule has 2 aromatic carbocycles. The van der Waals surface area contributed by atoms with Crippen molar-refractivity contribution in [1.29, 1.82) is 0 Å². The predicted octanol–water partition coefficient (Wildman–Crippen LogP) is 10.1. The Morgan fingerprint density at radius 3 is 1.56 bits per heavy atom. The van der Waals surface area contributed by atoms with Crippen LogP contribution in [0, 0.1) is 0 Å². The van der Waals surface area contributed by atoms with E-state index < -0.39 is 17.3 Å². The molecule has 0 bridgehead atoms. The Morgan fingerprint density at radius 2 is 1.13 bits per heavy atom. The topological polar surface area (TPSA) is 102 Å². The Hall–Kier alpha value is -4.91. The van der Waals surface area contributed by atoms with Gasteiger partial charge >= 0.3 is 12.2 Å². The summed E-state index contributed by atoms with van der Waals surface area (Å²) in [6, 6.07) is 27.9. The van der Waals surface area contributed by atoms with E-state index in [9.17, 15) is 9.59 Å². The third-order valence-corrected chi connectivity index (χ3v) is 7.19. The van der Waals surface area contributed by atoms with Gasteiger partial charge in [0.05, 0.1) is 11.4 Å². The fourth-order valence-corrected chi connectivity index (χ4v) is 4.89. The molecule has 0 unspecified atom stereocenters. The molecule has 0 spiro atoms. The Bertz CT molecular complexity index is 1960. The lowest BCUT2D eigenvalue weighted by Crippen LogP contribution is -2.33. The van der Waals surface area contributed by atoms with Crippen LogP contribution in [0.2, 0.25) is 0 Å². The maximum absolute atomic E-state index is 12.0. The summed E-state index contributed by atoms with van der Waals surface area (Å²) in [6.45, 7) is 12.1. The van der Waals surface area contributed by atoms with Gasteiger partial charge in [-0.2, -0.15) is 0 Å². The number of amides is 2. The maximum Gasteiger partial charge on any atom is 0.410 e. The number of nitrogens with one attached hydrogen (secondary N) is 1. The minimum Gasteiger partial charge on any atom is -0.444 e. The summed E-state index contributed by atoms with van der Waals surface area (Å²) in [5.74, 6) is 0. The summed E-state index contributed by atoms with van der Waals surface area (Å²) in [7, 11) is 1.74. The van der Waals surface area contributed by atoms with Crippen LogP contribution in [0.4, 0.5) is 9.59 Å². The van der Waals surface area contributed by atoms with E-state index in [4.69, 9.17) is 9.47 Å². The van der Waals surface area contributed by atoms with Crippen molar-refractivity contribution in [2.75, 3.05) is 12.0 Å². The number of halogens is 1. The van der Waals surface area contributed by atoms with E-state index in [-0.39, 0.29) is 13.5 Å². The van der Waals surface area contributed by atoms with Crippen LogP contribution in [0.5, 0.6) is 0 Å². The number of hydrogen-bond acceptors (Lipinski definition) is 6. The number of rotatable bonds is 6. The second-order valence-corrected chi connectivity index (χ2v) is 13.8. The van der Waals surface area contributed by atoms with Gasteiger partial charge < -0.3 is 28.5 Å². The molecule has 6 rings (SSSR count). The molecule has 4 heterocycles. The molecule has 10 nitrogen and oxygen atoms in total. The van der Waals surface area contributed by atoms with Crippen molar-refractivity contribution < 1.29 is 19.1 Å². The molecule has 276 valence electrons. The fourth-order valence-electron chi connectivity index (χ4n) is 4.89. The van der Waals surface area contributed by atoms with Gasteiger partial charge in [-0.3, -0.25) is 0 Å². The van der Waals surface area contributed by atoms with Crippen LogP contribution in [-0.2, 0) is 22.6 Å². The molecule has 0 aliphatic rings. The SMILES string of the molecule is C.CC(C)(C)OC(=O)NCc1ccc(-c2cn3ccccc3n2)cc1.CI.CN(Cc1ccc(-c2cn3ccccc3n2)cc1)C(=O)OC(C)(C)C. The molecule has 4 aromatic heterocycles. The minimum absolute atomic E-state index is 0. The number of hydrogen-bond donors (Lipinski definition) is 1. The van der Waals surface area contributed by atoms with Gasteiger partial charge in [0.15, 0.2) is 0 Å². The van der Waals surface area contributed by atoms with Crippen molar-refractivity contribution in [3.05, 3.63) is 121 Å². The quantitative estimate of drug-likeness (QED) is 0.133. The molecule has 1 N–H and O–H groups in total. The van der Waals surface area contributed by atoms with Gasteiger partial charge in [0.25, 0.3) is 0 Å². The van der Waals surface area contributed by atoms with Crippen LogP contribution in [0.1, 0.15) is 60.1 Å². The number of carbonyl (C=O) groups is 2. The van der Waals surface area contributed by atoms with Crippen LogP contribution in [0.15, 0.2) is 110 Å². The van der Waals surface area contributed by atoms with E-state index in [2.05, 4.69) is 37.9 Å². The first kappa shape index (κ1) is 41.5. The first-order valence-corrected chi connectivity index (χ1v) is 18.7. The highest BCUT2D eigenvalue weighted by molar-refractivity contribution is 14.1. The van der Waals surface area contributed by atoms with E-state index in [1.165, 1.54) is 0 Å². The zero-order valence-electron chi connectivity index (χ0n) is 30.6. The summed E-state index contributed by atoms with van der Waals surface area (Å²) in [6.07, 6.45) is 7.24. The van der Waals surface area contributed by atoms with Gasteiger partial charge in [-0.25, -0.2) is 19.6 Å². The second-order valence-electron chi connectivity index (χ2n) is 13.8. The largest absolute Gasteiger partial charge is 0.444 e. The van der Waals surface area contributed by atoms with Gasteiger partial charge in [0, 0.05) is 56.1 Å². The van der Waals surface area contributed by atoms with Crippen molar-refractivity contribution in [1.82, 2.24) is 29.0 Å². The van der Waals surface area contributed by atoms with E-state index in [0.29, 0.717) is 13.1 Å². The number of benzene rings is 2. The molecule has 11 heteroatoms. The van der Waals surface area contributed by atoms with Gasteiger partial charge in [0.1, 0.15) is 22.5 Å². The summed E-state index contributed by atoms with van der Waals surface area (Å²) < 4.78 is 14.6. The van der Waals surface area contributed by atoms with Crippen LogP contribution in [0.3, 0.4) is 0 Å². The van der Waals surface area contributed by atoms with Crippen LogP contribution in [-0.4, -0.2) is 59.0 Å². The van der Waals surface area contributed by atoms with E-state index in [1.807, 2.05) is 165 Å². The summed E-state index contributed by atoms with van der Waals surface area (Å²) in [5.41, 5.74) is 6.86. The number of alkyl carbamates (subject to hydrolysis) is 1. The molecule has 0 saturated carbocycles. The van der Waals surface area contributed by atoms with Crippen molar-refractivity contribution in [3.63, 3.8) is 0 Å². The molecule has 0 aliphatic heterocycles. The smallest absolute Gasteiger partial charge is 0.410 e. The number of alkyl halides is 1. The standard InChI is InChI=1S/C20H23N3O2.C19H21N3O2.CH3I.CH4/c1-20(2,3)25-19(24)22(4)13-15-8-10-16(11-9-15)17-14-23-12-6-5-7-18(23)21-17;1-19(2,3)24-18(23)20-12-14-7-9-15(10-8-14)16-13-22-11-5-4-6-17(22)21-16;1-2;/h5-12,14H,13H2,1-4H3;4-11,13H,12H2,1-3H3,(H,20,23);1H3;1H4. The normalized spacial score (nSPS) is 10.9. The van der Waals surface area contributed by atoms with Crippen molar-refractivity contribution in [3.8, 4) is 22.5 Å². The molecule has 0 fully saturated rings. The number of ether oxygens (including phenoxy) is 2. The third-order valence-electron chi connectivity index (χ3n) is 7.19. The Morgan fingerprint density at radius 1 is 0.692 bits per heavy atom. The van der Waals surface area contributed by atoms with E-state index in [1.54, 1.807) is 11.9 Å². The Labute approximate surface area is 321 Å². The van der Waals surface area contributed by atoms with Gasteiger partial charge in [0.2, 0.25) is 0 Å². The zero-order chi connectivity index (χ0) is 37.2. The molecular formula is C41H51IN6O4. The molecule has 0 atom stereocenters. The van der Waals surface area contributed by atoms with Crippen LogP contribution in [0.25, 0.3) is 33.8 Å². The fraction of sp³-hybridized carbons (Fsp3) is 0.317. The van der Waals surface area contributed by atoms with E-state index >= 15 is 0 Å². The maximum atomic E-state index is 12.0. The number of carbonyl (C=O) groups excluding carboxylic acids is 2. The van der Waals surface area contributed by atoms with Crippen LogP contribution < -0.4 is 5.32 Å². The highest BCUT2D eigenvalue weighted by Crippen LogP contribution is 2.22. The number of nitrogens with zero attached hydrogens (tertiary/aromatic N) is 5. The minimum atomic E-state index is -0.489. The molecule has 2 amide bonds. The Kier molecular flexibility index (Phi) is 14.8. The highest BCUT2D eigenvalue weighted by Gasteiger charge is 2.20. The predicted molar refractivity (Wildman–Crippen MR) is 219 cm³/mol. The molecule has 0 aliphatic carbocycles. The first-order chi connectivity index (χ1) is 24.2. The molecule has 52 heavy (non-hydrogen) atoms. The second kappa shape index (κ2) is 18.5. The summed E-state index contributed by atoms with van der Waals surface area (Å²) in [4.78, 5) is 36.5. The lowest BCUT2D eigenvalue weighted by atomic mass is 10.1. The zero-order valence-corrected chi connectivity index (χ0v) is 32.7. The summed E-state index contributed by atoms with van der Waals surface area (Å²) >= 11 is 2.15. The van der Waals surface area contributed by atoms with Gasteiger partial charge in [-0.05, 0) is 81.9 Å². The number of aromatic nitrogens is 4. The van der Waals surface area contributed by atoms with Gasteiger partial charge in [-0.1, -0.05) is 90.7 Å². The number of pyridine rings is 2. The average Bonchev–Trinajstić information content (AvgIpc) is 3.73. The van der Waals surface area contributed by atoms with Crippen molar-refractivity contribution >= 4 is 46.1 Å². The van der Waals surface area contributed by atoms with Gasteiger partial charge in [-0.15, -0.1) is 0 Å². The third kappa shape index (κ3) is 12.4. The molecule has 0 radical (unpaired) electrons.